The van der Waals surface area contributed by atoms with Gasteiger partial charge in [0.2, 0.25) is 0 Å². The van der Waals surface area contributed by atoms with Crippen LogP contribution in [0.2, 0.25) is 0 Å². The molecule has 1 heterocycles. The third-order valence-corrected chi connectivity index (χ3v) is 3.86. The van der Waals surface area contributed by atoms with E-state index >= 15 is 0 Å². The lowest BCUT2D eigenvalue weighted by atomic mass is 10.0. The predicted octanol–water partition coefficient (Wildman–Crippen LogP) is 2.56. The summed E-state index contributed by atoms with van der Waals surface area (Å²) in [5.41, 5.74) is -0.0280. The molecular weight excluding hydrogens is 261 g/mol. The van der Waals surface area contributed by atoms with E-state index in [4.69, 9.17) is 0 Å². The molecule has 1 aliphatic carbocycles. The van der Waals surface area contributed by atoms with Crippen molar-refractivity contribution in [3.63, 3.8) is 0 Å². The number of carbonyl (C=O) groups is 1. The fourth-order valence-corrected chi connectivity index (χ4v) is 2.62. The lowest BCUT2D eigenvalue weighted by Crippen LogP contribution is -2.27. The van der Waals surface area contributed by atoms with Gasteiger partial charge in [-0.2, -0.15) is 0 Å². The molecule has 1 saturated carbocycles. The summed E-state index contributed by atoms with van der Waals surface area (Å²) < 4.78 is 15.4. The summed E-state index contributed by atoms with van der Waals surface area (Å²) in [5.74, 6) is -1.40. The smallest absolute Gasteiger partial charge is 0.338 e. The minimum absolute atomic E-state index is 0.0137. The van der Waals surface area contributed by atoms with E-state index in [9.17, 15) is 19.1 Å². The third kappa shape index (κ3) is 1.90. The van der Waals surface area contributed by atoms with Crippen LogP contribution >= 0.6 is 0 Å². The van der Waals surface area contributed by atoms with Gasteiger partial charge in [-0.05, 0) is 31.7 Å². The molecule has 1 fully saturated rings. The number of rotatable bonds is 3. The maximum absolute atomic E-state index is 13.9. The molecule has 0 unspecified atom stereocenters. The van der Waals surface area contributed by atoms with Crippen molar-refractivity contribution in [3.05, 3.63) is 45.6 Å². The van der Waals surface area contributed by atoms with Crippen molar-refractivity contribution in [3.8, 4) is 0 Å². The van der Waals surface area contributed by atoms with Crippen LogP contribution < -0.4 is 5.56 Å². The molecule has 0 atom stereocenters. The minimum atomic E-state index is -1.14. The number of benzene rings is 1. The normalized spacial score (nSPS) is 14.7. The summed E-state index contributed by atoms with van der Waals surface area (Å²) in [6.45, 7) is 2.08. The van der Waals surface area contributed by atoms with Gasteiger partial charge in [-0.25, -0.2) is 9.18 Å². The number of fused-ring (bicyclic) bond motifs is 1. The topological polar surface area (TPSA) is 59.3 Å². The molecule has 0 radical (unpaired) electrons. The lowest BCUT2D eigenvalue weighted by Gasteiger charge is -2.15. The fraction of sp³-hybridized carbons (Fsp3) is 0.333. The molecule has 4 nitrogen and oxygen atoms in total. The molecule has 1 aromatic heterocycles. The van der Waals surface area contributed by atoms with Gasteiger partial charge in [0.25, 0.3) is 5.56 Å². The van der Waals surface area contributed by atoms with Gasteiger partial charge in [0.1, 0.15) is 5.82 Å². The first-order valence-corrected chi connectivity index (χ1v) is 6.55. The maximum atomic E-state index is 13.9. The zero-order valence-electron chi connectivity index (χ0n) is 11.0. The molecular formula is C15H14FNO3. The lowest BCUT2D eigenvalue weighted by molar-refractivity contribution is 0.0697. The average Bonchev–Trinajstić information content (AvgIpc) is 3.18. The van der Waals surface area contributed by atoms with Crippen molar-refractivity contribution in [1.29, 1.82) is 0 Å². The van der Waals surface area contributed by atoms with Crippen molar-refractivity contribution in [2.75, 3.05) is 0 Å². The molecule has 0 amide bonds. The van der Waals surface area contributed by atoms with Crippen LogP contribution in [0.5, 0.6) is 0 Å². The molecule has 104 valence electrons. The molecule has 0 saturated heterocycles. The highest BCUT2D eigenvalue weighted by Gasteiger charge is 2.26. The van der Waals surface area contributed by atoms with E-state index in [2.05, 4.69) is 0 Å². The van der Waals surface area contributed by atoms with Gasteiger partial charge in [-0.3, -0.25) is 4.79 Å². The van der Waals surface area contributed by atoms with Crippen molar-refractivity contribution >= 4 is 16.7 Å². The monoisotopic (exact) mass is 275 g/mol. The number of pyridine rings is 1. The second kappa shape index (κ2) is 4.44. The van der Waals surface area contributed by atoms with Crippen LogP contribution in [0.1, 0.15) is 28.9 Å². The summed E-state index contributed by atoms with van der Waals surface area (Å²) >= 11 is 0. The number of halogens is 1. The molecule has 2 aromatic rings. The highest BCUT2D eigenvalue weighted by molar-refractivity contribution is 6.04. The Morgan fingerprint density at radius 1 is 1.45 bits per heavy atom. The van der Waals surface area contributed by atoms with Gasteiger partial charge in [0.05, 0.1) is 10.9 Å². The first kappa shape index (κ1) is 12.8. The molecule has 0 bridgehead atoms. The van der Waals surface area contributed by atoms with Crippen LogP contribution in [-0.2, 0) is 6.54 Å². The Balaban J connectivity index is 2.42. The van der Waals surface area contributed by atoms with E-state index in [1.807, 2.05) is 0 Å². The number of hydrogen-bond acceptors (Lipinski definition) is 2. The Morgan fingerprint density at radius 3 is 2.75 bits per heavy atom. The number of aromatic nitrogens is 1. The van der Waals surface area contributed by atoms with Gasteiger partial charge in [-0.1, -0.05) is 12.1 Å². The highest BCUT2D eigenvalue weighted by Crippen LogP contribution is 2.31. The Bertz CT molecular complexity index is 775. The van der Waals surface area contributed by atoms with E-state index in [0.717, 1.165) is 12.8 Å². The molecule has 1 N–H and O–H groups in total. The van der Waals surface area contributed by atoms with Crippen LogP contribution in [-0.4, -0.2) is 15.6 Å². The molecule has 1 aromatic carbocycles. The van der Waals surface area contributed by atoms with E-state index < -0.39 is 17.3 Å². The second-order valence-corrected chi connectivity index (χ2v) is 5.29. The fourth-order valence-electron chi connectivity index (χ4n) is 2.62. The predicted molar refractivity (Wildman–Crippen MR) is 72.6 cm³/mol. The zero-order chi connectivity index (χ0) is 14.4. The summed E-state index contributed by atoms with van der Waals surface area (Å²) in [7, 11) is 0. The van der Waals surface area contributed by atoms with Gasteiger partial charge in [0.15, 0.2) is 0 Å². The van der Waals surface area contributed by atoms with Crippen LogP contribution in [0.15, 0.2) is 23.0 Å². The number of aromatic carboxylic acids is 1. The van der Waals surface area contributed by atoms with E-state index in [1.165, 1.54) is 22.8 Å². The van der Waals surface area contributed by atoms with Crippen LogP contribution in [0.25, 0.3) is 10.8 Å². The van der Waals surface area contributed by atoms with Gasteiger partial charge >= 0.3 is 5.97 Å². The number of carboxylic acids is 1. The van der Waals surface area contributed by atoms with Crippen LogP contribution in [0.3, 0.4) is 0 Å². The van der Waals surface area contributed by atoms with Crippen molar-refractivity contribution in [1.82, 2.24) is 4.57 Å². The molecule has 5 heteroatoms. The highest BCUT2D eigenvalue weighted by atomic mass is 19.1. The molecule has 0 spiro atoms. The minimum Gasteiger partial charge on any atom is -0.478 e. The quantitative estimate of drug-likeness (QED) is 0.936. The maximum Gasteiger partial charge on any atom is 0.338 e. The second-order valence-electron chi connectivity index (χ2n) is 5.29. The standard InChI is InChI=1S/C15H14FNO3/c1-8-12(15(19)20)10-3-2-4-11(16)13(10)14(18)17(8)7-9-5-6-9/h2-4,9H,5-7H2,1H3,(H,19,20). The zero-order valence-corrected chi connectivity index (χ0v) is 11.0. The van der Waals surface area contributed by atoms with Gasteiger partial charge in [0, 0.05) is 17.6 Å². The Kier molecular flexibility index (Phi) is 2.85. The Morgan fingerprint density at radius 2 is 2.15 bits per heavy atom. The molecule has 20 heavy (non-hydrogen) atoms. The number of carboxylic acid groups (broad SMARTS) is 1. The summed E-state index contributed by atoms with van der Waals surface area (Å²) in [6.07, 6.45) is 2.06. The van der Waals surface area contributed by atoms with Crippen molar-refractivity contribution in [2.45, 2.75) is 26.3 Å². The third-order valence-electron chi connectivity index (χ3n) is 3.86. The largest absolute Gasteiger partial charge is 0.478 e. The number of nitrogens with zero attached hydrogens (tertiary/aromatic N) is 1. The first-order chi connectivity index (χ1) is 9.50. The van der Waals surface area contributed by atoms with Gasteiger partial charge < -0.3 is 9.67 Å². The molecule has 0 aliphatic heterocycles. The van der Waals surface area contributed by atoms with E-state index in [1.54, 1.807) is 6.92 Å². The van der Waals surface area contributed by atoms with Crippen molar-refractivity contribution in [2.24, 2.45) is 5.92 Å². The Labute approximate surface area is 114 Å². The van der Waals surface area contributed by atoms with Crippen molar-refractivity contribution < 1.29 is 14.3 Å². The summed E-state index contributed by atoms with van der Waals surface area (Å²) in [5, 5.41) is 9.43. The molecule has 1 aliphatic rings. The van der Waals surface area contributed by atoms with Gasteiger partial charge in [-0.15, -0.1) is 0 Å². The summed E-state index contributed by atoms with van der Waals surface area (Å²) in [6, 6.07) is 4.10. The van der Waals surface area contributed by atoms with Crippen LogP contribution in [0, 0.1) is 18.7 Å². The van der Waals surface area contributed by atoms with Crippen LogP contribution in [0.4, 0.5) is 4.39 Å². The first-order valence-electron chi connectivity index (χ1n) is 6.55. The average molecular weight is 275 g/mol. The SMILES string of the molecule is Cc1c(C(=O)O)c2cccc(F)c2c(=O)n1CC1CC1. The molecule has 3 rings (SSSR count). The summed E-state index contributed by atoms with van der Waals surface area (Å²) in [4.78, 5) is 23.9. The Hall–Kier alpha value is -2.17. The van der Waals surface area contributed by atoms with E-state index in [-0.39, 0.29) is 16.3 Å². The van der Waals surface area contributed by atoms with E-state index in [0.29, 0.717) is 18.2 Å². The number of hydrogen-bond donors (Lipinski definition) is 1.